The number of rotatable bonds is 7. The van der Waals surface area contributed by atoms with E-state index in [1.54, 1.807) is 0 Å². The topological polar surface area (TPSA) is 61.4 Å². The zero-order chi connectivity index (χ0) is 13.4. The van der Waals surface area contributed by atoms with E-state index in [2.05, 4.69) is 10.6 Å². The Hall–Kier alpha value is -1.17. The van der Waals surface area contributed by atoms with E-state index in [9.17, 15) is 14.0 Å². The Labute approximate surface area is 107 Å². The Balaban J connectivity index is 2.36. The van der Waals surface area contributed by atoms with Crippen molar-refractivity contribution in [2.24, 2.45) is 0 Å². The monoisotopic (exact) mass is 259 g/mol. The molecule has 0 bridgehead atoms. The second kappa shape index (κ2) is 8.02. The second-order valence-electron chi connectivity index (χ2n) is 4.43. The van der Waals surface area contributed by atoms with Gasteiger partial charge in [0, 0.05) is 26.2 Å². The van der Waals surface area contributed by atoms with Gasteiger partial charge in [-0.1, -0.05) is 13.3 Å². The summed E-state index contributed by atoms with van der Waals surface area (Å²) in [6, 6.07) is -0.507. The van der Waals surface area contributed by atoms with Crippen LogP contribution in [0.5, 0.6) is 0 Å². The van der Waals surface area contributed by atoms with E-state index in [0.29, 0.717) is 19.6 Å². The molecular weight excluding hydrogens is 237 g/mol. The number of nitrogens with one attached hydrogen (secondary N) is 2. The first-order valence-corrected chi connectivity index (χ1v) is 6.53. The maximum atomic E-state index is 12.3. The molecule has 0 aromatic heterocycles. The lowest BCUT2D eigenvalue weighted by atomic mass is 10.1. The molecule has 6 heteroatoms. The summed E-state index contributed by atoms with van der Waals surface area (Å²) in [5.41, 5.74) is 0. The highest BCUT2D eigenvalue weighted by Crippen LogP contribution is 2.05. The van der Waals surface area contributed by atoms with Crippen LogP contribution in [0.15, 0.2) is 0 Å². The SMILES string of the molecule is CCCCNC(=O)CC1NCCN(CCF)C1=O. The lowest BCUT2D eigenvalue weighted by molar-refractivity contribution is -0.138. The van der Waals surface area contributed by atoms with Crippen molar-refractivity contribution in [3.05, 3.63) is 0 Å². The molecule has 5 nitrogen and oxygen atoms in total. The van der Waals surface area contributed by atoms with Gasteiger partial charge in [0.25, 0.3) is 0 Å². The van der Waals surface area contributed by atoms with Gasteiger partial charge in [0.05, 0.1) is 12.5 Å². The van der Waals surface area contributed by atoms with Crippen molar-refractivity contribution in [3.63, 3.8) is 0 Å². The smallest absolute Gasteiger partial charge is 0.240 e. The van der Waals surface area contributed by atoms with Gasteiger partial charge in [0.1, 0.15) is 6.67 Å². The van der Waals surface area contributed by atoms with Gasteiger partial charge in [-0.05, 0) is 6.42 Å². The molecule has 18 heavy (non-hydrogen) atoms. The number of hydrogen-bond acceptors (Lipinski definition) is 3. The highest BCUT2D eigenvalue weighted by atomic mass is 19.1. The molecule has 0 aromatic rings. The van der Waals surface area contributed by atoms with E-state index < -0.39 is 12.7 Å². The number of amides is 2. The lowest BCUT2D eigenvalue weighted by Crippen LogP contribution is -2.56. The molecule has 0 spiro atoms. The number of halogens is 1. The molecule has 0 saturated carbocycles. The van der Waals surface area contributed by atoms with Gasteiger partial charge in [0.15, 0.2) is 0 Å². The van der Waals surface area contributed by atoms with Crippen molar-refractivity contribution in [1.82, 2.24) is 15.5 Å². The minimum atomic E-state index is -0.541. The molecule has 1 heterocycles. The Morgan fingerprint density at radius 1 is 1.61 bits per heavy atom. The predicted octanol–water partition coefficient (Wildman–Crippen LogP) is 0.0627. The second-order valence-corrected chi connectivity index (χ2v) is 4.43. The Morgan fingerprint density at radius 2 is 2.39 bits per heavy atom. The first kappa shape index (κ1) is 14.9. The van der Waals surface area contributed by atoms with E-state index in [0.717, 1.165) is 12.8 Å². The molecule has 1 aliphatic rings. The largest absolute Gasteiger partial charge is 0.356 e. The summed E-state index contributed by atoms with van der Waals surface area (Å²) >= 11 is 0. The van der Waals surface area contributed by atoms with Crippen LogP contribution in [-0.2, 0) is 9.59 Å². The molecule has 104 valence electrons. The van der Waals surface area contributed by atoms with Gasteiger partial charge in [-0.3, -0.25) is 9.59 Å². The number of hydrogen-bond donors (Lipinski definition) is 2. The van der Waals surface area contributed by atoms with Crippen LogP contribution < -0.4 is 10.6 Å². The molecule has 0 radical (unpaired) electrons. The van der Waals surface area contributed by atoms with Crippen molar-refractivity contribution >= 4 is 11.8 Å². The van der Waals surface area contributed by atoms with E-state index in [1.165, 1.54) is 4.90 Å². The third-order valence-electron chi connectivity index (χ3n) is 2.98. The molecule has 1 fully saturated rings. The molecule has 0 aromatic carbocycles. The zero-order valence-electron chi connectivity index (χ0n) is 10.9. The minimum Gasteiger partial charge on any atom is -0.356 e. The van der Waals surface area contributed by atoms with Crippen molar-refractivity contribution in [2.75, 3.05) is 32.9 Å². The first-order chi connectivity index (χ1) is 8.69. The molecule has 2 N–H and O–H groups in total. The number of carbonyl (C=O) groups is 2. The van der Waals surface area contributed by atoms with Gasteiger partial charge in [-0.2, -0.15) is 0 Å². The van der Waals surface area contributed by atoms with Gasteiger partial charge < -0.3 is 15.5 Å². The molecule has 1 unspecified atom stereocenters. The third kappa shape index (κ3) is 4.60. The van der Waals surface area contributed by atoms with Gasteiger partial charge in [-0.25, -0.2) is 4.39 Å². The van der Waals surface area contributed by atoms with Crippen LogP contribution in [0, 0.1) is 0 Å². The molecule has 1 rings (SSSR count). The summed E-state index contributed by atoms with van der Waals surface area (Å²) in [5, 5.41) is 5.78. The molecule has 1 atom stereocenters. The first-order valence-electron chi connectivity index (χ1n) is 6.53. The molecule has 1 aliphatic heterocycles. The molecule has 1 saturated heterocycles. The summed E-state index contributed by atoms with van der Waals surface area (Å²) in [6.07, 6.45) is 2.09. The Kier molecular flexibility index (Phi) is 6.64. The Morgan fingerprint density at radius 3 is 3.06 bits per heavy atom. The summed E-state index contributed by atoms with van der Waals surface area (Å²) in [4.78, 5) is 25.0. The van der Waals surface area contributed by atoms with E-state index in [4.69, 9.17) is 0 Å². The minimum absolute atomic E-state index is 0.120. The van der Waals surface area contributed by atoms with E-state index in [1.807, 2.05) is 6.92 Å². The predicted molar refractivity (Wildman–Crippen MR) is 66.9 cm³/mol. The van der Waals surface area contributed by atoms with Crippen molar-refractivity contribution in [1.29, 1.82) is 0 Å². The highest BCUT2D eigenvalue weighted by Gasteiger charge is 2.29. The van der Waals surface area contributed by atoms with Gasteiger partial charge >= 0.3 is 0 Å². The third-order valence-corrected chi connectivity index (χ3v) is 2.98. The molecule has 2 amide bonds. The highest BCUT2D eigenvalue weighted by molar-refractivity contribution is 5.88. The summed E-state index contributed by atoms with van der Waals surface area (Å²) in [6.45, 7) is 3.39. The number of piperazine rings is 1. The Bertz CT molecular complexity index is 284. The quantitative estimate of drug-likeness (QED) is 0.636. The molecule has 0 aliphatic carbocycles. The van der Waals surface area contributed by atoms with Crippen molar-refractivity contribution in [2.45, 2.75) is 32.2 Å². The summed E-state index contributed by atoms with van der Waals surface area (Å²) in [5.74, 6) is -0.305. The van der Waals surface area contributed by atoms with Crippen LogP contribution in [0.2, 0.25) is 0 Å². The fraction of sp³-hybridized carbons (Fsp3) is 0.833. The fourth-order valence-electron chi connectivity index (χ4n) is 1.94. The average Bonchev–Trinajstić information content (AvgIpc) is 2.35. The van der Waals surface area contributed by atoms with Gasteiger partial charge in [0.2, 0.25) is 11.8 Å². The van der Waals surface area contributed by atoms with Crippen molar-refractivity contribution in [3.8, 4) is 0 Å². The maximum Gasteiger partial charge on any atom is 0.240 e. The van der Waals surface area contributed by atoms with Crippen LogP contribution in [0.4, 0.5) is 4.39 Å². The van der Waals surface area contributed by atoms with Gasteiger partial charge in [-0.15, -0.1) is 0 Å². The van der Waals surface area contributed by atoms with Crippen LogP contribution in [-0.4, -0.2) is 55.6 Å². The number of carbonyl (C=O) groups excluding carboxylic acids is 2. The van der Waals surface area contributed by atoms with Crippen LogP contribution in [0.3, 0.4) is 0 Å². The summed E-state index contributed by atoms with van der Waals surface area (Å²) < 4.78 is 12.3. The lowest BCUT2D eigenvalue weighted by Gasteiger charge is -2.32. The van der Waals surface area contributed by atoms with Crippen LogP contribution in [0.1, 0.15) is 26.2 Å². The number of alkyl halides is 1. The van der Waals surface area contributed by atoms with E-state index in [-0.39, 0.29) is 24.8 Å². The van der Waals surface area contributed by atoms with Crippen LogP contribution in [0.25, 0.3) is 0 Å². The molecular formula is C12H22FN3O2. The zero-order valence-corrected chi connectivity index (χ0v) is 10.9. The summed E-state index contributed by atoms with van der Waals surface area (Å²) in [7, 11) is 0. The van der Waals surface area contributed by atoms with Crippen molar-refractivity contribution < 1.29 is 14.0 Å². The van der Waals surface area contributed by atoms with E-state index >= 15 is 0 Å². The average molecular weight is 259 g/mol. The van der Waals surface area contributed by atoms with Crippen LogP contribution >= 0.6 is 0 Å². The fourth-order valence-corrected chi connectivity index (χ4v) is 1.94. The standard InChI is InChI=1S/C12H22FN3O2/c1-2-3-5-15-11(17)9-10-12(18)16(7-4-13)8-6-14-10/h10,14H,2-9H2,1H3,(H,15,17). The number of nitrogens with zero attached hydrogens (tertiary/aromatic N) is 1. The normalized spacial score (nSPS) is 20.0. The number of unbranched alkanes of at least 4 members (excludes halogenated alkanes) is 1. The maximum absolute atomic E-state index is 12.3.